The third kappa shape index (κ3) is 3.76. The van der Waals surface area contributed by atoms with Gasteiger partial charge in [0, 0.05) is 32.1 Å². The molecule has 0 spiro atoms. The Morgan fingerprint density at radius 1 is 1.25 bits per heavy atom. The zero-order valence-corrected chi connectivity index (χ0v) is 18.8. The number of nitrogens with one attached hydrogen (secondary N) is 1. The fourth-order valence-corrected chi connectivity index (χ4v) is 4.22. The first-order valence-electron chi connectivity index (χ1n) is 10.8. The van der Waals surface area contributed by atoms with Gasteiger partial charge < -0.3 is 5.32 Å². The minimum absolute atomic E-state index is 0.243. The van der Waals surface area contributed by atoms with Crippen LogP contribution in [0.1, 0.15) is 31.0 Å². The van der Waals surface area contributed by atoms with Crippen molar-refractivity contribution < 1.29 is 19.0 Å². The molecule has 1 atom stereocenters. The van der Waals surface area contributed by atoms with Gasteiger partial charge in [-0.15, -0.1) is 0 Å². The Balaban J connectivity index is 1.42. The Kier molecular flexibility index (Phi) is 5.77. The largest absolute Gasteiger partial charge is 0.417 e. The lowest BCUT2D eigenvalue weighted by atomic mass is 10.0. The van der Waals surface area contributed by atoms with E-state index in [4.69, 9.17) is 0 Å². The maximum atomic E-state index is 13.0. The van der Waals surface area contributed by atoms with Crippen molar-refractivity contribution in [1.82, 2.24) is 29.7 Å². The molecule has 4 heterocycles. The second-order valence-electron chi connectivity index (χ2n) is 8.19. The van der Waals surface area contributed by atoms with Gasteiger partial charge in [0.05, 0.1) is 19.3 Å². The highest BCUT2D eigenvalue weighted by Gasteiger charge is 2.51. The summed E-state index contributed by atoms with van der Waals surface area (Å²) in [6.07, 6.45) is 7.71. The number of hydrogen-bond donors (Lipinski definition) is 1. The number of fused-ring (bicyclic) bond motifs is 2. The second kappa shape index (κ2) is 8.52. The molecule has 10 heteroatoms. The van der Waals surface area contributed by atoms with Crippen LogP contribution in [0.3, 0.4) is 0 Å². The van der Waals surface area contributed by atoms with E-state index >= 15 is 0 Å². The van der Waals surface area contributed by atoms with Gasteiger partial charge in [0.25, 0.3) is 17.6 Å². The lowest BCUT2D eigenvalue weighted by Crippen LogP contribution is -2.57. The van der Waals surface area contributed by atoms with Crippen molar-refractivity contribution in [2.75, 3.05) is 27.2 Å². The zero-order chi connectivity index (χ0) is 23.0. The summed E-state index contributed by atoms with van der Waals surface area (Å²) in [4.78, 5) is 44.9. The van der Waals surface area contributed by atoms with Crippen LogP contribution in [0, 0.1) is 12.8 Å². The molecule has 10 nitrogen and oxygen atoms in total. The Labute approximate surface area is 186 Å². The average Bonchev–Trinajstić information content (AvgIpc) is 3.33. The van der Waals surface area contributed by atoms with Crippen LogP contribution in [-0.2, 0) is 16.0 Å². The Morgan fingerprint density at radius 2 is 2.03 bits per heavy atom. The number of hydrogen-bond acceptors (Lipinski definition) is 5. The highest BCUT2D eigenvalue weighted by Crippen LogP contribution is 2.26. The summed E-state index contributed by atoms with van der Waals surface area (Å²) in [6, 6.07) is 1.53. The van der Waals surface area contributed by atoms with Gasteiger partial charge in [-0.25, -0.2) is 23.8 Å². The van der Waals surface area contributed by atoms with Crippen LogP contribution in [0.4, 0.5) is 4.79 Å². The van der Waals surface area contributed by atoms with Crippen molar-refractivity contribution in [2.24, 2.45) is 5.92 Å². The van der Waals surface area contributed by atoms with E-state index in [2.05, 4.69) is 15.4 Å². The maximum absolute atomic E-state index is 13.0. The molecule has 4 amide bonds. The summed E-state index contributed by atoms with van der Waals surface area (Å²) in [7, 11) is 3.10. The van der Waals surface area contributed by atoms with E-state index in [0.29, 0.717) is 24.6 Å². The minimum Gasteiger partial charge on any atom is -0.349 e. The molecule has 0 aromatic carbocycles. The monoisotopic (exact) mass is 438 g/mol. The van der Waals surface area contributed by atoms with Gasteiger partial charge in [-0.1, -0.05) is 6.92 Å². The standard InChI is InChI=1S/C22H27N7O3/c1-5-9-28-17(11-16-20(28)26(3)22(32)27(4)21(16)31)19(30)23-8-6-7-15-12-24-18-10-14(2)25-29(18)13-15/h10-13,16H,5-9H2,1-4H3/p+1. The molecule has 168 valence electrons. The van der Waals surface area contributed by atoms with E-state index in [1.54, 1.807) is 22.2 Å². The number of carbonyl (C=O) groups is 3. The number of amidine groups is 1. The molecule has 2 aliphatic heterocycles. The number of carbonyl (C=O) groups excluding carboxylic acids is 3. The van der Waals surface area contributed by atoms with E-state index < -0.39 is 11.9 Å². The summed E-state index contributed by atoms with van der Waals surface area (Å²) in [5.74, 6) is -0.624. The maximum Gasteiger partial charge on any atom is 0.417 e. The molecular formula is C22H28N7O3+. The van der Waals surface area contributed by atoms with Gasteiger partial charge in [-0.3, -0.25) is 9.59 Å². The third-order valence-corrected chi connectivity index (χ3v) is 5.78. The molecule has 32 heavy (non-hydrogen) atoms. The van der Waals surface area contributed by atoms with Crippen molar-refractivity contribution in [1.29, 1.82) is 0 Å². The van der Waals surface area contributed by atoms with Crippen molar-refractivity contribution in [3.63, 3.8) is 0 Å². The molecule has 0 aliphatic carbocycles. The fraction of sp³-hybridized carbons (Fsp3) is 0.455. The number of aryl methyl sites for hydroxylation is 2. The van der Waals surface area contributed by atoms with Crippen molar-refractivity contribution in [3.8, 4) is 0 Å². The van der Waals surface area contributed by atoms with E-state index in [9.17, 15) is 14.4 Å². The first-order chi connectivity index (χ1) is 15.3. The smallest absolute Gasteiger partial charge is 0.349 e. The van der Waals surface area contributed by atoms with Gasteiger partial charge in [-0.05, 0) is 37.8 Å². The van der Waals surface area contributed by atoms with Crippen LogP contribution >= 0.6 is 0 Å². The van der Waals surface area contributed by atoms with E-state index in [1.807, 2.05) is 32.3 Å². The molecule has 1 unspecified atom stereocenters. The third-order valence-electron chi connectivity index (χ3n) is 5.78. The molecule has 1 N–H and O–H groups in total. The van der Waals surface area contributed by atoms with Crippen LogP contribution in [0.25, 0.3) is 5.65 Å². The van der Waals surface area contributed by atoms with Gasteiger partial charge in [0.1, 0.15) is 0 Å². The highest BCUT2D eigenvalue weighted by molar-refractivity contribution is 6.19. The Bertz CT molecular complexity index is 1160. The number of amides is 4. The number of aromatic nitrogens is 3. The first-order valence-corrected chi connectivity index (χ1v) is 10.8. The van der Waals surface area contributed by atoms with Crippen molar-refractivity contribution in [3.05, 3.63) is 41.5 Å². The molecule has 2 aromatic heterocycles. The number of imide groups is 1. The molecule has 1 saturated heterocycles. The van der Waals surface area contributed by atoms with Crippen LogP contribution in [0.5, 0.6) is 0 Å². The number of nitrogens with zero attached hydrogens (tertiary/aromatic N) is 6. The minimum atomic E-state index is -0.620. The normalized spacial score (nSPS) is 18.5. The number of rotatable bonds is 7. The van der Waals surface area contributed by atoms with E-state index in [0.717, 1.165) is 41.1 Å². The van der Waals surface area contributed by atoms with Crippen LogP contribution < -0.4 is 5.32 Å². The fourth-order valence-electron chi connectivity index (χ4n) is 4.22. The molecule has 4 rings (SSSR count). The average molecular weight is 439 g/mol. The van der Waals surface area contributed by atoms with Gasteiger partial charge >= 0.3 is 6.03 Å². The topological polar surface area (TPSA) is 103 Å². The molecule has 0 bridgehead atoms. The number of urea groups is 1. The molecule has 0 saturated carbocycles. The highest BCUT2D eigenvalue weighted by atomic mass is 16.2. The van der Waals surface area contributed by atoms with Gasteiger partial charge in [-0.2, -0.15) is 10.00 Å². The SMILES string of the molecule is CCC[N+]1=C2C(C=C1C(=O)NCCCc1cnc3cc(C)nn3c1)C(=O)N(C)C(=O)N2C. The predicted octanol–water partition coefficient (Wildman–Crippen LogP) is 0.945. The second-order valence-corrected chi connectivity index (χ2v) is 8.19. The van der Waals surface area contributed by atoms with E-state index in [-0.39, 0.29) is 11.8 Å². The first kappa shape index (κ1) is 21.7. The summed E-state index contributed by atoms with van der Waals surface area (Å²) >= 11 is 0. The van der Waals surface area contributed by atoms with E-state index in [1.165, 1.54) is 11.9 Å². The zero-order valence-electron chi connectivity index (χ0n) is 18.8. The summed E-state index contributed by atoms with van der Waals surface area (Å²) in [5, 5.41) is 7.33. The molecule has 2 aromatic rings. The molecule has 0 radical (unpaired) electrons. The van der Waals surface area contributed by atoms with Gasteiger partial charge in [0.2, 0.25) is 0 Å². The Morgan fingerprint density at radius 3 is 2.78 bits per heavy atom. The molecule has 1 fully saturated rings. The van der Waals surface area contributed by atoms with Crippen molar-refractivity contribution >= 4 is 29.3 Å². The van der Waals surface area contributed by atoms with Crippen LogP contribution in [-0.4, -0.2) is 79.8 Å². The Hall–Kier alpha value is -3.56. The van der Waals surface area contributed by atoms with Gasteiger partial charge in [0.15, 0.2) is 17.3 Å². The predicted molar refractivity (Wildman–Crippen MR) is 117 cm³/mol. The lowest BCUT2D eigenvalue weighted by molar-refractivity contribution is -0.473. The van der Waals surface area contributed by atoms with Crippen LogP contribution in [0.2, 0.25) is 0 Å². The van der Waals surface area contributed by atoms with Crippen LogP contribution in [0.15, 0.2) is 30.2 Å². The molecular weight excluding hydrogens is 410 g/mol. The summed E-state index contributed by atoms with van der Waals surface area (Å²) < 4.78 is 3.56. The summed E-state index contributed by atoms with van der Waals surface area (Å²) in [6.45, 7) is 4.95. The summed E-state index contributed by atoms with van der Waals surface area (Å²) in [5.41, 5.74) is 3.19. The van der Waals surface area contributed by atoms with Crippen molar-refractivity contribution in [2.45, 2.75) is 33.1 Å². The quantitative estimate of drug-likeness (QED) is 0.512. The lowest BCUT2D eigenvalue weighted by Gasteiger charge is -2.27. The molecule has 2 aliphatic rings.